The lowest BCUT2D eigenvalue weighted by molar-refractivity contribution is -0.210. The fraction of sp³-hybridized carbons (Fsp3) is 0.500. The first-order chi connectivity index (χ1) is 8.75. The van der Waals surface area contributed by atoms with Crippen molar-refractivity contribution in [3.8, 4) is 11.5 Å². The lowest BCUT2D eigenvalue weighted by Crippen LogP contribution is -2.34. The molecule has 1 unspecified atom stereocenters. The van der Waals surface area contributed by atoms with E-state index in [1.807, 2.05) is 0 Å². The summed E-state index contributed by atoms with van der Waals surface area (Å²) in [7, 11) is 1.37. The van der Waals surface area contributed by atoms with E-state index in [-0.39, 0.29) is 17.5 Å². The maximum Gasteiger partial charge on any atom is 0.417 e. The zero-order valence-corrected chi connectivity index (χ0v) is 10.6. The highest BCUT2D eigenvalue weighted by atomic mass is 19.4. The van der Waals surface area contributed by atoms with E-state index in [9.17, 15) is 13.2 Å². The zero-order chi connectivity index (χ0) is 14.6. The van der Waals surface area contributed by atoms with Crippen LogP contribution >= 0.6 is 0 Å². The molecule has 1 rings (SSSR count). The Kier molecular flexibility index (Phi) is 5.02. The van der Waals surface area contributed by atoms with Gasteiger partial charge in [0.05, 0.1) is 7.11 Å². The molecule has 1 aromatic carbocycles. The van der Waals surface area contributed by atoms with Gasteiger partial charge in [-0.1, -0.05) is 6.07 Å². The molecule has 0 bridgehead atoms. The van der Waals surface area contributed by atoms with Gasteiger partial charge in [-0.25, -0.2) is 0 Å². The average molecular weight is 279 g/mol. The van der Waals surface area contributed by atoms with E-state index in [1.54, 1.807) is 19.1 Å². The Labute approximate surface area is 108 Å². The average Bonchev–Trinajstić information content (AvgIpc) is 2.34. The van der Waals surface area contributed by atoms with Gasteiger partial charge in [0.1, 0.15) is 6.61 Å². The highest BCUT2D eigenvalue weighted by molar-refractivity contribution is 5.43. The molecule has 0 aliphatic rings. The molecule has 0 amide bonds. The monoisotopic (exact) mass is 279 g/mol. The molecule has 7 heteroatoms. The third-order valence-corrected chi connectivity index (χ3v) is 2.49. The highest BCUT2D eigenvalue weighted by Gasteiger charge is 2.38. The number of hydrogen-bond donors (Lipinski definition) is 2. The van der Waals surface area contributed by atoms with Crippen molar-refractivity contribution >= 4 is 0 Å². The molecule has 0 spiro atoms. The van der Waals surface area contributed by atoms with Gasteiger partial charge in [0.15, 0.2) is 17.6 Å². The molecular formula is C12H16F3NO3. The molecule has 1 aromatic rings. The van der Waals surface area contributed by atoms with Crippen molar-refractivity contribution in [3.63, 3.8) is 0 Å². The number of nitrogens with two attached hydrogens (primary N) is 1. The van der Waals surface area contributed by atoms with E-state index in [4.69, 9.17) is 20.3 Å². The van der Waals surface area contributed by atoms with Crippen LogP contribution in [0.25, 0.3) is 0 Å². The van der Waals surface area contributed by atoms with Crippen molar-refractivity contribution in [2.45, 2.75) is 25.2 Å². The van der Waals surface area contributed by atoms with Gasteiger partial charge in [-0.05, 0) is 24.6 Å². The summed E-state index contributed by atoms with van der Waals surface area (Å²) >= 11 is 0. The molecule has 0 radical (unpaired) electrons. The standard InChI is InChI=1S/C12H16F3NO3/c1-7(16)8-3-4-9(10(5-8)18-2)19-6-11(17)12(13,14)15/h3-5,7,11,17H,6,16H2,1-2H3/t7-,11?/m1/s1. The van der Waals surface area contributed by atoms with Gasteiger partial charge in [0.2, 0.25) is 0 Å². The van der Waals surface area contributed by atoms with Crippen LogP contribution < -0.4 is 15.2 Å². The van der Waals surface area contributed by atoms with E-state index in [2.05, 4.69) is 0 Å². The quantitative estimate of drug-likeness (QED) is 0.865. The number of ether oxygens (including phenoxy) is 2. The SMILES string of the molecule is COc1cc([C@@H](C)N)ccc1OCC(O)C(F)(F)F. The summed E-state index contributed by atoms with van der Waals surface area (Å²) in [6, 6.07) is 4.44. The molecule has 0 aromatic heterocycles. The number of aliphatic hydroxyl groups excluding tert-OH is 1. The summed E-state index contributed by atoms with van der Waals surface area (Å²) in [6.07, 6.45) is -7.25. The molecule has 0 aliphatic heterocycles. The Hall–Kier alpha value is -1.47. The second-order valence-electron chi connectivity index (χ2n) is 4.07. The molecule has 0 saturated heterocycles. The van der Waals surface area contributed by atoms with Crippen LogP contribution in [0.5, 0.6) is 11.5 Å². The van der Waals surface area contributed by atoms with E-state index in [1.165, 1.54) is 13.2 Å². The van der Waals surface area contributed by atoms with Crippen molar-refractivity contribution in [3.05, 3.63) is 23.8 Å². The fourth-order valence-electron chi connectivity index (χ4n) is 1.35. The Morgan fingerprint density at radius 1 is 1.32 bits per heavy atom. The first kappa shape index (κ1) is 15.6. The minimum Gasteiger partial charge on any atom is -0.493 e. The first-order valence-corrected chi connectivity index (χ1v) is 5.56. The molecule has 0 heterocycles. The van der Waals surface area contributed by atoms with Crippen LogP contribution in [-0.2, 0) is 0 Å². The zero-order valence-electron chi connectivity index (χ0n) is 10.6. The van der Waals surface area contributed by atoms with Crippen molar-refractivity contribution in [2.75, 3.05) is 13.7 Å². The van der Waals surface area contributed by atoms with Gasteiger partial charge >= 0.3 is 6.18 Å². The predicted octanol–water partition coefficient (Wildman–Crippen LogP) is 2.02. The lowest BCUT2D eigenvalue weighted by atomic mass is 10.1. The summed E-state index contributed by atoms with van der Waals surface area (Å²) in [5, 5.41) is 8.84. The van der Waals surface area contributed by atoms with E-state index in [0.29, 0.717) is 0 Å². The first-order valence-electron chi connectivity index (χ1n) is 5.56. The van der Waals surface area contributed by atoms with Crippen LogP contribution in [0.15, 0.2) is 18.2 Å². The number of halogens is 3. The van der Waals surface area contributed by atoms with Crippen molar-refractivity contribution in [2.24, 2.45) is 5.73 Å². The number of hydrogen-bond acceptors (Lipinski definition) is 4. The van der Waals surface area contributed by atoms with Crippen LogP contribution in [0.3, 0.4) is 0 Å². The molecule has 0 fully saturated rings. The lowest BCUT2D eigenvalue weighted by Gasteiger charge is -2.17. The molecule has 4 nitrogen and oxygen atoms in total. The summed E-state index contributed by atoms with van der Waals surface area (Å²) in [4.78, 5) is 0. The van der Waals surface area contributed by atoms with Gasteiger partial charge in [-0.15, -0.1) is 0 Å². The molecule has 108 valence electrons. The second kappa shape index (κ2) is 6.12. The molecule has 2 atom stereocenters. The normalized spacial score (nSPS) is 14.9. The van der Waals surface area contributed by atoms with Gasteiger partial charge in [-0.2, -0.15) is 13.2 Å². The summed E-state index contributed by atoms with van der Waals surface area (Å²) < 4.78 is 46.3. The van der Waals surface area contributed by atoms with Crippen LogP contribution in [0.2, 0.25) is 0 Å². The van der Waals surface area contributed by atoms with Crippen LogP contribution in [0.1, 0.15) is 18.5 Å². The van der Waals surface area contributed by atoms with E-state index >= 15 is 0 Å². The van der Waals surface area contributed by atoms with Crippen LogP contribution in [-0.4, -0.2) is 31.1 Å². The second-order valence-corrected chi connectivity index (χ2v) is 4.07. The summed E-state index contributed by atoms with van der Waals surface area (Å²) in [6.45, 7) is 0.875. The minimum atomic E-state index is -4.71. The Balaban J connectivity index is 2.79. The Morgan fingerprint density at radius 3 is 2.42 bits per heavy atom. The van der Waals surface area contributed by atoms with Crippen molar-refractivity contribution in [1.82, 2.24) is 0 Å². The van der Waals surface area contributed by atoms with Crippen molar-refractivity contribution in [1.29, 1.82) is 0 Å². The minimum absolute atomic E-state index is 0.121. The van der Waals surface area contributed by atoms with Crippen LogP contribution in [0, 0.1) is 0 Å². The topological polar surface area (TPSA) is 64.7 Å². The molecule has 0 aliphatic carbocycles. The Morgan fingerprint density at radius 2 is 1.95 bits per heavy atom. The highest BCUT2D eigenvalue weighted by Crippen LogP contribution is 2.30. The van der Waals surface area contributed by atoms with Crippen LogP contribution in [0.4, 0.5) is 13.2 Å². The molecule has 0 saturated carbocycles. The largest absolute Gasteiger partial charge is 0.493 e. The number of aliphatic hydroxyl groups is 1. The molecular weight excluding hydrogens is 263 g/mol. The number of rotatable bonds is 5. The van der Waals surface area contributed by atoms with Gasteiger partial charge < -0.3 is 20.3 Å². The number of benzene rings is 1. The number of alkyl halides is 3. The smallest absolute Gasteiger partial charge is 0.417 e. The summed E-state index contributed by atoms with van der Waals surface area (Å²) in [5.74, 6) is 0.388. The van der Waals surface area contributed by atoms with Gasteiger partial charge in [-0.3, -0.25) is 0 Å². The van der Waals surface area contributed by atoms with E-state index < -0.39 is 18.9 Å². The van der Waals surface area contributed by atoms with E-state index in [0.717, 1.165) is 5.56 Å². The van der Waals surface area contributed by atoms with Gasteiger partial charge in [0.25, 0.3) is 0 Å². The maximum atomic E-state index is 12.1. The van der Waals surface area contributed by atoms with Crippen molar-refractivity contribution < 1.29 is 27.8 Å². The van der Waals surface area contributed by atoms with Gasteiger partial charge in [0, 0.05) is 6.04 Å². The predicted molar refractivity (Wildman–Crippen MR) is 63.2 cm³/mol. The third kappa shape index (κ3) is 4.29. The molecule has 19 heavy (non-hydrogen) atoms. The third-order valence-electron chi connectivity index (χ3n) is 2.49. The fourth-order valence-corrected chi connectivity index (χ4v) is 1.35. The molecule has 3 N–H and O–H groups in total. The summed E-state index contributed by atoms with van der Waals surface area (Å²) in [5.41, 5.74) is 6.45. The maximum absolute atomic E-state index is 12.1. The number of methoxy groups -OCH3 is 1. The Bertz CT molecular complexity index is 421.